The molecule has 0 saturated carbocycles. The molecule has 0 radical (unpaired) electrons. The van der Waals surface area contributed by atoms with Gasteiger partial charge in [-0.15, -0.1) is 0 Å². The molecule has 0 bridgehead atoms. The van der Waals surface area contributed by atoms with E-state index in [-0.39, 0.29) is 19.4 Å². The molecule has 0 aromatic carbocycles. The van der Waals surface area contributed by atoms with E-state index in [2.05, 4.69) is 98.9 Å². The Balaban J connectivity index is 1.86. The zero-order valence-electron chi connectivity index (χ0n) is 42.0. The lowest BCUT2D eigenvalue weighted by molar-refractivity contribution is -0.332. The monoisotopic (exact) mass is 989 g/mol. The van der Waals surface area contributed by atoms with Gasteiger partial charge < -0.3 is 64.2 Å². The molecule has 2 aliphatic rings. The third-order valence-corrected chi connectivity index (χ3v) is 11.5. The average Bonchev–Trinajstić information content (AvgIpc) is 3.35. The maximum absolute atomic E-state index is 13.0. The van der Waals surface area contributed by atoms with Crippen molar-refractivity contribution in [2.45, 2.75) is 210 Å². The van der Waals surface area contributed by atoms with Crippen molar-refractivity contribution in [1.82, 2.24) is 0 Å². The molecule has 2 rings (SSSR count). The second-order valence-electron chi connectivity index (χ2n) is 17.6. The second-order valence-corrected chi connectivity index (χ2v) is 17.6. The van der Waals surface area contributed by atoms with Crippen molar-refractivity contribution in [3.8, 4) is 0 Å². The number of allylic oxidation sites excluding steroid dienone is 16. The Morgan fingerprint density at radius 3 is 1.41 bits per heavy atom. The van der Waals surface area contributed by atoms with Gasteiger partial charge >= 0.3 is 11.9 Å². The van der Waals surface area contributed by atoms with Crippen molar-refractivity contribution >= 4 is 11.9 Å². The van der Waals surface area contributed by atoms with Gasteiger partial charge in [0.2, 0.25) is 0 Å². The molecule has 4 unspecified atom stereocenters. The third kappa shape index (κ3) is 28.5. The van der Waals surface area contributed by atoms with Gasteiger partial charge in [-0.1, -0.05) is 137 Å². The number of carbonyl (C=O) groups excluding carboxylic acids is 2. The van der Waals surface area contributed by atoms with E-state index in [9.17, 15) is 45.3 Å². The molecule has 0 aliphatic carbocycles. The van der Waals surface area contributed by atoms with E-state index in [0.717, 1.165) is 70.6 Å². The Hall–Kier alpha value is -3.58. The molecule has 15 nitrogen and oxygen atoms in total. The van der Waals surface area contributed by atoms with Gasteiger partial charge in [-0.05, 0) is 89.9 Å². The summed E-state index contributed by atoms with van der Waals surface area (Å²) in [7, 11) is 0. The van der Waals surface area contributed by atoms with Crippen LogP contribution >= 0.6 is 0 Å². The summed E-state index contributed by atoms with van der Waals surface area (Å²) in [6, 6.07) is 0. The Kier molecular flexibility index (Phi) is 36.6. The van der Waals surface area contributed by atoms with Crippen LogP contribution in [0.25, 0.3) is 0 Å². The number of unbranched alkanes of at least 4 members (excludes halogenated alkanes) is 8. The Morgan fingerprint density at radius 2 is 0.900 bits per heavy atom. The molecular formula is C55H88O15. The van der Waals surface area contributed by atoms with Crippen LogP contribution in [0.4, 0.5) is 0 Å². The predicted molar refractivity (Wildman–Crippen MR) is 270 cm³/mol. The van der Waals surface area contributed by atoms with Crippen molar-refractivity contribution in [3.63, 3.8) is 0 Å². The van der Waals surface area contributed by atoms with Crippen molar-refractivity contribution < 1.29 is 73.8 Å². The van der Waals surface area contributed by atoms with Gasteiger partial charge in [0, 0.05) is 12.8 Å². The first-order valence-corrected chi connectivity index (χ1v) is 25.8. The Labute approximate surface area is 417 Å². The van der Waals surface area contributed by atoms with E-state index in [4.69, 9.17) is 28.4 Å². The number of ether oxygens (including phenoxy) is 6. The highest BCUT2D eigenvalue weighted by Crippen LogP contribution is 2.26. The summed E-state index contributed by atoms with van der Waals surface area (Å²) in [5.74, 6) is -1.04. The Morgan fingerprint density at radius 1 is 0.457 bits per heavy atom. The normalized spacial score (nSPS) is 26.2. The lowest BCUT2D eigenvalue weighted by atomic mass is 9.98. The van der Waals surface area contributed by atoms with E-state index in [1.54, 1.807) is 0 Å². The van der Waals surface area contributed by atoms with Gasteiger partial charge in [0.15, 0.2) is 18.7 Å². The van der Waals surface area contributed by atoms with E-state index in [1.807, 2.05) is 12.2 Å². The van der Waals surface area contributed by atoms with E-state index in [1.165, 1.54) is 25.7 Å². The first-order valence-electron chi connectivity index (χ1n) is 25.8. The molecule has 0 aromatic heterocycles. The van der Waals surface area contributed by atoms with Crippen molar-refractivity contribution in [2.24, 2.45) is 0 Å². The van der Waals surface area contributed by atoms with E-state index < -0.39 is 99.3 Å². The summed E-state index contributed by atoms with van der Waals surface area (Å²) in [6.07, 6.45) is 34.4. The number of carbonyl (C=O) groups is 2. The maximum atomic E-state index is 13.0. The van der Waals surface area contributed by atoms with E-state index >= 15 is 0 Å². The third-order valence-electron chi connectivity index (χ3n) is 11.5. The van der Waals surface area contributed by atoms with Crippen LogP contribution in [-0.4, -0.2) is 142 Å². The minimum atomic E-state index is -1.79. The molecule has 0 amide bonds. The van der Waals surface area contributed by atoms with Crippen molar-refractivity contribution in [3.05, 3.63) is 97.2 Å². The lowest BCUT2D eigenvalue weighted by Crippen LogP contribution is -2.61. The smallest absolute Gasteiger partial charge is 0.306 e. The van der Waals surface area contributed by atoms with Crippen molar-refractivity contribution in [1.29, 1.82) is 0 Å². The first-order chi connectivity index (χ1) is 34.0. The van der Waals surface area contributed by atoms with Crippen LogP contribution in [0.3, 0.4) is 0 Å². The Bertz CT molecular complexity index is 1580. The summed E-state index contributed by atoms with van der Waals surface area (Å²) in [4.78, 5) is 25.7. The fraction of sp³-hybridized carbons (Fsp3) is 0.673. The molecule has 15 heteroatoms. The zero-order chi connectivity index (χ0) is 51.0. The molecule has 2 fully saturated rings. The highest BCUT2D eigenvalue weighted by Gasteiger charge is 2.47. The number of esters is 2. The molecular weight excluding hydrogens is 901 g/mol. The van der Waals surface area contributed by atoms with Gasteiger partial charge in [-0.25, -0.2) is 0 Å². The molecule has 2 aliphatic heterocycles. The van der Waals surface area contributed by atoms with Crippen LogP contribution < -0.4 is 0 Å². The minimum Gasteiger partial charge on any atom is -0.462 e. The second kappa shape index (κ2) is 41.0. The zero-order valence-corrected chi connectivity index (χ0v) is 42.0. The fourth-order valence-electron chi connectivity index (χ4n) is 7.26. The fourth-order valence-corrected chi connectivity index (χ4v) is 7.26. The van der Waals surface area contributed by atoms with Crippen LogP contribution in [-0.2, 0) is 38.0 Å². The number of hydrogen-bond acceptors (Lipinski definition) is 15. The van der Waals surface area contributed by atoms with E-state index in [0.29, 0.717) is 19.3 Å². The van der Waals surface area contributed by atoms with Gasteiger partial charge in [-0.2, -0.15) is 0 Å². The summed E-state index contributed by atoms with van der Waals surface area (Å²) in [5, 5.41) is 72.1. The average molecular weight is 989 g/mol. The minimum absolute atomic E-state index is 0.0760. The van der Waals surface area contributed by atoms with Crippen LogP contribution in [0, 0.1) is 0 Å². The van der Waals surface area contributed by atoms with Gasteiger partial charge in [0.05, 0.1) is 19.8 Å². The molecule has 0 spiro atoms. The highest BCUT2D eigenvalue weighted by atomic mass is 16.7. The molecule has 7 N–H and O–H groups in total. The van der Waals surface area contributed by atoms with Crippen LogP contribution in [0.1, 0.15) is 142 Å². The van der Waals surface area contributed by atoms with Gasteiger partial charge in [0.25, 0.3) is 0 Å². The largest absolute Gasteiger partial charge is 0.462 e. The molecule has 2 heterocycles. The highest BCUT2D eigenvalue weighted by molar-refractivity contribution is 5.70. The first kappa shape index (κ1) is 62.5. The maximum Gasteiger partial charge on any atom is 0.306 e. The summed E-state index contributed by atoms with van der Waals surface area (Å²) >= 11 is 0. The van der Waals surface area contributed by atoms with Crippen LogP contribution in [0.2, 0.25) is 0 Å². The number of rotatable bonds is 38. The summed E-state index contributed by atoms with van der Waals surface area (Å²) in [6.45, 7) is 2.38. The molecule has 2 saturated heterocycles. The number of aliphatic hydroxyl groups excluding tert-OH is 7. The number of aliphatic hydroxyl groups is 7. The SMILES string of the molecule is CCC/C=C/C/C=C/C/C=C/C/C=C/CCCCCC(=O)OC[C@@H](CO[C@@H]1O[C@H](CO[C@@H]2O[C@H](CO)[C@H](O)C(O)C2O)[C@H](O)C(O)C1O)OC(=O)CCC/C=C/C/C=C/C/C=C/C/C=C/CCCCC. The quantitative estimate of drug-likeness (QED) is 0.0182. The predicted octanol–water partition coefficient (Wildman–Crippen LogP) is 7.37. The van der Waals surface area contributed by atoms with Crippen molar-refractivity contribution in [2.75, 3.05) is 26.4 Å². The molecule has 70 heavy (non-hydrogen) atoms. The topological polar surface area (TPSA) is 231 Å². The summed E-state index contributed by atoms with van der Waals surface area (Å²) in [5.41, 5.74) is 0. The number of hydrogen-bond donors (Lipinski definition) is 7. The molecule has 11 atom stereocenters. The molecule has 398 valence electrons. The van der Waals surface area contributed by atoms with Crippen LogP contribution in [0.5, 0.6) is 0 Å². The lowest BCUT2D eigenvalue weighted by Gasteiger charge is -2.42. The van der Waals surface area contributed by atoms with Gasteiger partial charge in [0.1, 0.15) is 55.4 Å². The van der Waals surface area contributed by atoms with Gasteiger partial charge in [-0.3, -0.25) is 9.59 Å². The molecule has 0 aromatic rings. The standard InChI is InChI=1S/C55H88O15/c1-3-5-7-9-11-13-15-17-19-21-23-25-27-29-31-33-35-37-46(57)65-40-43(68-47(58)38-36-34-32-30-28-26-24-22-20-18-16-14-12-10-8-6-4-2)41-66-54-53(64)51(62)49(60)45(70-54)42-67-55-52(63)50(61)48(59)44(39-56)69-55/h7,9,12-15,18-21,24-27,30,32,43-45,48-56,59-64H,3-6,8,10-11,16-17,22-23,28-29,31,33-42H2,1-2H3/b9-7+,14-12+,15-13+,20-18+,21-19+,26-24+,27-25+,32-30+/t43-,44+,45+,48-,49-,50?,51?,52?,53?,54+,55+/m0/s1. The van der Waals surface area contributed by atoms with Crippen LogP contribution in [0.15, 0.2) is 97.2 Å². The summed E-state index contributed by atoms with van der Waals surface area (Å²) < 4.78 is 33.5.